The molecule has 1 amide bonds. The fourth-order valence-electron chi connectivity index (χ4n) is 2.35. The number of pyridine rings is 1. The molecular formula is C17H23N3O. The highest BCUT2D eigenvalue weighted by Crippen LogP contribution is 2.21. The largest absolute Gasteiger partial charge is 0.354 e. The Balaban J connectivity index is 2.13. The predicted octanol–water partition coefficient (Wildman–Crippen LogP) is 3.49. The van der Waals surface area contributed by atoms with Crippen molar-refractivity contribution in [2.45, 2.75) is 39.7 Å². The van der Waals surface area contributed by atoms with Gasteiger partial charge in [0.2, 0.25) is 0 Å². The molecule has 0 aliphatic heterocycles. The zero-order valence-electron chi connectivity index (χ0n) is 12.9. The van der Waals surface area contributed by atoms with Gasteiger partial charge in [0.1, 0.15) is 5.69 Å². The molecule has 2 aromatic heterocycles. The summed E-state index contributed by atoms with van der Waals surface area (Å²) in [6.45, 7) is 6.36. The standard InChI is InChI=1S/C17H23N3O/c1-4-14-7-8-15(19-14)17(21)20-16(10-12(2)3)13-6-5-9-18-11-13/h5-9,11-12,16,19H,4,10H2,1-3H3,(H,20,21)/t16-/m0/s1. The second-order valence-electron chi connectivity index (χ2n) is 5.69. The molecule has 0 bridgehead atoms. The third-order valence-electron chi connectivity index (χ3n) is 3.47. The van der Waals surface area contributed by atoms with Crippen LogP contribution in [0.1, 0.15) is 55.0 Å². The summed E-state index contributed by atoms with van der Waals surface area (Å²) in [5, 5.41) is 3.11. The van der Waals surface area contributed by atoms with Crippen LogP contribution < -0.4 is 5.32 Å². The van der Waals surface area contributed by atoms with Crippen LogP contribution in [0.3, 0.4) is 0 Å². The van der Waals surface area contributed by atoms with Gasteiger partial charge in [-0.15, -0.1) is 0 Å². The van der Waals surface area contributed by atoms with Crippen molar-refractivity contribution in [2.24, 2.45) is 5.92 Å². The minimum Gasteiger partial charge on any atom is -0.354 e. The summed E-state index contributed by atoms with van der Waals surface area (Å²) in [5.41, 5.74) is 2.73. The molecule has 0 fully saturated rings. The average molecular weight is 285 g/mol. The molecule has 0 aromatic carbocycles. The molecule has 21 heavy (non-hydrogen) atoms. The molecule has 2 aromatic rings. The summed E-state index contributed by atoms with van der Waals surface area (Å²) in [4.78, 5) is 19.7. The smallest absolute Gasteiger partial charge is 0.268 e. The number of nitrogens with one attached hydrogen (secondary N) is 2. The van der Waals surface area contributed by atoms with E-state index in [0.717, 1.165) is 24.1 Å². The van der Waals surface area contributed by atoms with Gasteiger partial charge in [-0.2, -0.15) is 0 Å². The fourth-order valence-corrected chi connectivity index (χ4v) is 2.35. The molecular weight excluding hydrogens is 262 g/mol. The van der Waals surface area contributed by atoms with Crippen LogP contribution >= 0.6 is 0 Å². The SMILES string of the molecule is CCc1ccc(C(=O)N[C@@H](CC(C)C)c2cccnc2)[nH]1. The number of rotatable bonds is 6. The second kappa shape index (κ2) is 7.07. The van der Waals surface area contributed by atoms with Gasteiger partial charge in [-0.25, -0.2) is 0 Å². The molecule has 4 nitrogen and oxygen atoms in total. The summed E-state index contributed by atoms with van der Waals surface area (Å²) < 4.78 is 0. The summed E-state index contributed by atoms with van der Waals surface area (Å²) in [7, 11) is 0. The molecule has 0 aliphatic carbocycles. The van der Waals surface area contributed by atoms with E-state index < -0.39 is 0 Å². The first-order valence-electron chi connectivity index (χ1n) is 7.48. The zero-order chi connectivity index (χ0) is 15.2. The maximum absolute atomic E-state index is 12.4. The van der Waals surface area contributed by atoms with E-state index in [9.17, 15) is 4.79 Å². The number of hydrogen-bond acceptors (Lipinski definition) is 2. The van der Waals surface area contributed by atoms with Crippen LogP contribution in [0.5, 0.6) is 0 Å². The van der Waals surface area contributed by atoms with Gasteiger partial charge in [0, 0.05) is 18.1 Å². The van der Waals surface area contributed by atoms with Gasteiger partial charge >= 0.3 is 0 Å². The van der Waals surface area contributed by atoms with Crippen molar-refractivity contribution in [2.75, 3.05) is 0 Å². The van der Waals surface area contributed by atoms with Gasteiger partial charge in [0.25, 0.3) is 5.91 Å². The minimum atomic E-state index is -0.0656. The van der Waals surface area contributed by atoms with Crippen molar-refractivity contribution in [3.05, 3.63) is 53.6 Å². The monoisotopic (exact) mass is 285 g/mol. The number of carbonyl (C=O) groups excluding carboxylic acids is 1. The quantitative estimate of drug-likeness (QED) is 0.853. The first-order chi connectivity index (χ1) is 10.1. The Morgan fingerprint density at radius 2 is 2.14 bits per heavy atom. The molecule has 0 unspecified atom stereocenters. The number of nitrogens with zero attached hydrogens (tertiary/aromatic N) is 1. The van der Waals surface area contributed by atoms with Crippen LogP contribution in [0.4, 0.5) is 0 Å². The van der Waals surface area contributed by atoms with Crippen LogP contribution in [-0.2, 0) is 6.42 Å². The van der Waals surface area contributed by atoms with Crippen molar-refractivity contribution < 1.29 is 4.79 Å². The van der Waals surface area contributed by atoms with E-state index in [1.165, 1.54) is 0 Å². The van der Waals surface area contributed by atoms with E-state index in [0.29, 0.717) is 11.6 Å². The highest BCUT2D eigenvalue weighted by atomic mass is 16.1. The highest BCUT2D eigenvalue weighted by Gasteiger charge is 2.18. The average Bonchev–Trinajstić information content (AvgIpc) is 2.96. The highest BCUT2D eigenvalue weighted by molar-refractivity contribution is 5.92. The van der Waals surface area contributed by atoms with Crippen molar-refractivity contribution >= 4 is 5.91 Å². The third kappa shape index (κ3) is 4.18. The predicted molar refractivity (Wildman–Crippen MR) is 84.1 cm³/mol. The lowest BCUT2D eigenvalue weighted by molar-refractivity contribution is 0.0927. The van der Waals surface area contributed by atoms with E-state index in [1.807, 2.05) is 30.5 Å². The van der Waals surface area contributed by atoms with E-state index in [-0.39, 0.29) is 11.9 Å². The number of hydrogen-bond donors (Lipinski definition) is 2. The maximum Gasteiger partial charge on any atom is 0.268 e. The Labute approximate surface area is 126 Å². The van der Waals surface area contributed by atoms with E-state index in [2.05, 4.69) is 36.1 Å². The molecule has 0 spiro atoms. The van der Waals surface area contributed by atoms with Gasteiger partial charge in [0.05, 0.1) is 6.04 Å². The van der Waals surface area contributed by atoms with Crippen LogP contribution in [0.15, 0.2) is 36.7 Å². The van der Waals surface area contributed by atoms with Gasteiger partial charge in [-0.1, -0.05) is 26.8 Å². The van der Waals surface area contributed by atoms with Gasteiger partial charge < -0.3 is 10.3 Å². The molecule has 0 saturated heterocycles. The van der Waals surface area contributed by atoms with Gasteiger partial charge in [0.15, 0.2) is 0 Å². The summed E-state index contributed by atoms with van der Waals surface area (Å²) in [6.07, 6.45) is 5.35. The fraction of sp³-hybridized carbons (Fsp3) is 0.412. The molecule has 0 radical (unpaired) electrons. The third-order valence-corrected chi connectivity index (χ3v) is 3.47. The lowest BCUT2D eigenvalue weighted by Crippen LogP contribution is -2.29. The van der Waals surface area contributed by atoms with Crippen LogP contribution in [-0.4, -0.2) is 15.9 Å². The van der Waals surface area contributed by atoms with Gasteiger partial charge in [-0.05, 0) is 42.5 Å². The summed E-state index contributed by atoms with van der Waals surface area (Å²) >= 11 is 0. The number of amides is 1. The molecule has 2 heterocycles. The Morgan fingerprint density at radius 3 is 2.71 bits per heavy atom. The molecule has 2 rings (SSSR count). The van der Waals surface area contributed by atoms with Crippen molar-refractivity contribution in [3.63, 3.8) is 0 Å². The van der Waals surface area contributed by atoms with E-state index >= 15 is 0 Å². The van der Waals surface area contributed by atoms with Crippen LogP contribution in [0.2, 0.25) is 0 Å². The second-order valence-corrected chi connectivity index (χ2v) is 5.69. The zero-order valence-corrected chi connectivity index (χ0v) is 12.9. The summed E-state index contributed by atoms with van der Waals surface area (Å²) in [5.74, 6) is 0.426. The normalized spacial score (nSPS) is 12.4. The van der Waals surface area contributed by atoms with E-state index in [1.54, 1.807) is 6.20 Å². The first kappa shape index (κ1) is 15.3. The molecule has 4 heteroatoms. The Bertz CT molecular complexity index is 575. The lowest BCUT2D eigenvalue weighted by Gasteiger charge is -2.20. The van der Waals surface area contributed by atoms with Crippen molar-refractivity contribution in [3.8, 4) is 0 Å². The topological polar surface area (TPSA) is 57.8 Å². The molecule has 1 atom stereocenters. The first-order valence-corrected chi connectivity index (χ1v) is 7.48. The number of aromatic nitrogens is 2. The van der Waals surface area contributed by atoms with Crippen LogP contribution in [0.25, 0.3) is 0 Å². The number of carbonyl (C=O) groups is 1. The maximum atomic E-state index is 12.4. The number of aryl methyl sites for hydroxylation is 1. The Kier molecular flexibility index (Phi) is 5.14. The molecule has 2 N–H and O–H groups in total. The van der Waals surface area contributed by atoms with Gasteiger partial charge in [-0.3, -0.25) is 9.78 Å². The number of H-pyrrole nitrogens is 1. The summed E-state index contributed by atoms with van der Waals surface area (Å²) in [6, 6.07) is 7.69. The Hall–Kier alpha value is -2.10. The molecule has 0 saturated carbocycles. The number of aromatic amines is 1. The van der Waals surface area contributed by atoms with Crippen molar-refractivity contribution in [1.82, 2.24) is 15.3 Å². The molecule has 112 valence electrons. The molecule has 0 aliphatic rings. The minimum absolute atomic E-state index is 0.0143. The van der Waals surface area contributed by atoms with E-state index in [4.69, 9.17) is 0 Å². The Morgan fingerprint density at radius 1 is 1.33 bits per heavy atom. The van der Waals surface area contributed by atoms with Crippen LogP contribution in [0, 0.1) is 5.92 Å². The lowest BCUT2D eigenvalue weighted by atomic mass is 9.98. The van der Waals surface area contributed by atoms with Crippen molar-refractivity contribution in [1.29, 1.82) is 0 Å².